The molecule has 4 nitrogen and oxygen atoms in total. The van der Waals surface area contributed by atoms with Crippen molar-refractivity contribution < 1.29 is 4.79 Å². The molecule has 0 saturated heterocycles. The Morgan fingerprint density at radius 1 is 1.44 bits per heavy atom. The van der Waals surface area contributed by atoms with Crippen LogP contribution in [0.5, 0.6) is 0 Å². The third-order valence-corrected chi connectivity index (χ3v) is 2.71. The molecule has 1 amide bonds. The van der Waals surface area contributed by atoms with Gasteiger partial charge in [-0.25, -0.2) is 5.01 Å². The van der Waals surface area contributed by atoms with Crippen molar-refractivity contribution in [2.45, 2.75) is 13.0 Å². The second-order valence-corrected chi connectivity index (χ2v) is 4.21. The van der Waals surface area contributed by atoms with E-state index in [2.05, 4.69) is 16.8 Å². The fourth-order valence-corrected chi connectivity index (χ4v) is 2.01. The summed E-state index contributed by atoms with van der Waals surface area (Å²) in [6.45, 7) is 1.80. The molecule has 0 aliphatic carbocycles. The Hall–Kier alpha value is -1.39. The maximum Gasteiger partial charge on any atom is 0.265 e. The lowest BCUT2D eigenvalue weighted by molar-refractivity contribution is 0.0855. The number of hydrazine groups is 1. The number of rotatable bonds is 2. The third kappa shape index (κ3) is 2.23. The highest BCUT2D eigenvalue weighted by Gasteiger charge is 2.17. The molecule has 4 heteroatoms. The number of carbonyl (C=O) groups excluding carboxylic acids is 1. The molecular formula is C12H17N3O. The molecule has 1 heterocycles. The Bertz CT molecular complexity index is 401. The summed E-state index contributed by atoms with van der Waals surface area (Å²) >= 11 is 0. The van der Waals surface area contributed by atoms with E-state index in [0.717, 1.165) is 25.1 Å². The lowest BCUT2D eigenvalue weighted by Crippen LogP contribution is -2.37. The number of hydrogen-bond acceptors (Lipinski definition) is 3. The zero-order valence-corrected chi connectivity index (χ0v) is 9.71. The highest BCUT2D eigenvalue weighted by Crippen LogP contribution is 2.18. The van der Waals surface area contributed by atoms with Crippen LogP contribution >= 0.6 is 0 Å². The van der Waals surface area contributed by atoms with Crippen LogP contribution in [-0.2, 0) is 13.0 Å². The van der Waals surface area contributed by atoms with Crippen molar-refractivity contribution in [1.82, 2.24) is 15.8 Å². The Morgan fingerprint density at radius 3 is 3.00 bits per heavy atom. The van der Waals surface area contributed by atoms with Gasteiger partial charge in [0.15, 0.2) is 0 Å². The van der Waals surface area contributed by atoms with Gasteiger partial charge in [0.2, 0.25) is 0 Å². The SMILES string of the molecule is CN(C)NC(=O)c1cccc2c1CCNC2. The standard InChI is InChI=1S/C12H17N3O/c1-15(2)14-12(16)11-5-3-4-9-8-13-7-6-10(9)11/h3-5,13H,6-8H2,1-2H3,(H,14,16). The maximum absolute atomic E-state index is 12.0. The van der Waals surface area contributed by atoms with E-state index in [9.17, 15) is 4.79 Å². The van der Waals surface area contributed by atoms with Gasteiger partial charge in [-0.15, -0.1) is 0 Å². The fourth-order valence-electron chi connectivity index (χ4n) is 2.01. The molecule has 0 bridgehead atoms. The van der Waals surface area contributed by atoms with Crippen LogP contribution in [0.3, 0.4) is 0 Å². The van der Waals surface area contributed by atoms with E-state index in [4.69, 9.17) is 0 Å². The fraction of sp³-hybridized carbons (Fsp3) is 0.417. The first-order valence-electron chi connectivity index (χ1n) is 5.48. The summed E-state index contributed by atoms with van der Waals surface area (Å²) in [4.78, 5) is 12.0. The number of fused-ring (bicyclic) bond motifs is 1. The minimum absolute atomic E-state index is 0.0243. The number of amides is 1. The minimum atomic E-state index is -0.0243. The van der Waals surface area contributed by atoms with Crippen molar-refractivity contribution in [3.05, 3.63) is 34.9 Å². The molecule has 1 aromatic carbocycles. The summed E-state index contributed by atoms with van der Waals surface area (Å²) in [5, 5.41) is 4.98. The largest absolute Gasteiger partial charge is 0.312 e. The summed E-state index contributed by atoms with van der Waals surface area (Å²) in [6, 6.07) is 5.91. The molecule has 0 fully saturated rings. The van der Waals surface area contributed by atoms with Crippen molar-refractivity contribution in [3.63, 3.8) is 0 Å². The topological polar surface area (TPSA) is 44.4 Å². The molecule has 0 atom stereocenters. The summed E-state index contributed by atoms with van der Waals surface area (Å²) < 4.78 is 0. The lowest BCUT2D eigenvalue weighted by Gasteiger charge is -2.21. The van der Waals surface area contributed by atoms with Crippen molar-refractivity contribution >= 4 is 5.91 Å². The van der Waals surface area contributed by atoms with Crippen LogP contribution in [0.2, 0.25) is 0 Å². The Balaban J connectivity index is 2.30. The van der Waals surface area contributed by atoms with Crippen LogP contribution in [0.4, 0.5) is 0 Å². The molecule has 2 rings (SSSR count). The first kappa shape index (κ1) is 11.1. The van der Waals surface area contributed by atoms with E-state index in [1.165, 1.54) is 11.1 Å². The minimum Gasteiger partial charge on any atom is -0.312 e. The van der Waals surface area contributed by atoms with Crippen molar-refractivity contribution in [1.29, 1.82) is 0 Å². The normalized spacial score (nSPS) is 14.7. The molecule has 0 saturated carbocycles. The first-order chi connectivity index (χ1) is 7.68. The molecule has 0 spiro atoms. The van der Waals surface area contributed by atoms with E-state index in [0.29, 0.717) is 0 Å². The molecule has 1 aliphatic heterocycles. The number of carbonyl (C=O) groups is 1. The van der Waals surface area contributed by atoms with Crippen LogP contribution in [0.25, 0.3) is 0 Å². The van der Waals surface area contributed by atoms with E-state index < -0.39 is 0 Å². The summed E-state index contributed by atoms with van der Waals surface area (Å²) in [6.07, 6.45) is 0.923. The van der Waals surface area contributed by atoms with Crippen molar-refractivity contribution in [2.75, 3.05) is 20.6 Å². The summed E-state index contributed by atoms with van der Waals surface area (Å²) in [7, 11) is 3.63. The highest BCUT2D eigenvalue weighted by molar-refractivity contribution is 5.95. The first-order valence-corrected chi connectivity index (χ1v) is 5.48. The van der Waals surface area contributed by atoms with E-state index in [-0.39, 0.29) is 5.91 Å². The van der Waals surface area contributed by atoms with Gasteiger partial charge in [0.1, 0.15) is 0 Å². The van der Waals surface area contributed by atoms with Crippen molar-refractivity contribution in [2.24, 2.45) is 0 Å². The van der Waals surface area contributed by atoms with Gasteiger partial charge < -0.3 is 5.32 Å². The van der Waals surface area contributed by atoms with Gasteiger partial charge in [0.05, 0.1) is 0 Å². The molecule has 16 heavy (non-hydrogen) atoms. The molecular weight excluding hydrogens is 202 g/mol. The van der Waals surface area contributed by atoms with Gasteiger partial charge in [-0.05, 0) is 30.2 Å². The van der Waals surface area contributed by atoms with Gasteiger partial charge in [-0.2, -0.15) is 0 Å². The molecule has 0 unspecified atom stereocenters. The van der Waals surface area contributed by atoms with E-state index in [1.54, 1.807) is 5.01 Å². The number of benzene rings is 1. The Morgan fingerprint density at radius 2 is 2.25 bits per heavy atom. The highest BCUT2D eigenvalue weighted by atomic mass is 16.2. The molecule has 0 aromatic heterocycles. The average Bonchev–Trinajstić information content (AvgIpc) is 2.27. The smallest absolute Gasteiger partial charge is 0.265 e. The number of hydrogen-bond donors (Lipinski definition) is 2. The van der Waals surface area contributed by atoms with Crippen LogP contribution in [0, 0.1) is 0 Å². The van der Waals surface area contributed by atoms with Crippen molar-refractivity contribution in [3.8, 4) is 0 Å². The maximum atomic E-state index is 12.0. The Labute approximate surface area is 95.6 Å². The predicted octanol–water partition coefficient (Wildman–Crippen LogP) is 0.539. The van der Waals surface area contributed by atoms with Crippen LogP contribution in [0.15, 0.2) is 18.2 Å². The average molecular weight is 219 g/mol. The molecule has 2 N–H and O–H groups in total. The van der Waals surface area contributed by atoms with Crippen LogP contribution < -0.4 is 10.7 Å². The summed E-state index contributed by atoms with van der Waals surface area (Å²) in [5.74, 6) is -0.0243. The van der Waals surface area contributed by atoms with Gasteiger partial charge in [0.25, 0.3) is 5.91 Å². The monoisotopic (exact) mass is 219 g/mol. The zero-order chi connectivity index (χ0) is 11.5. The molecule has 1 aromatic rings. The second-order valence-electron chi connectivity index (χ2n) is 4.21. The zero-order valence-electron chi connectivity index (χ0n) is 9.71. The van der Waals surface area contributed by atoms with E-state index in [1.807, 2.05) is 26.2 Å². The number of nitrogens with one attached hydrogen (secondary N) is 2. The molecule has 0 radical (unpaired) electrons. The van der Waals surface area contributed by atoms with Crippen LogP contribution in [-0.4, -0.2) is 31.6 Å². The molecule has 1 aliphatic rings. The second kappa shape index (κ2) is 4.63. The van der Waals surface area contributed by atoms with Crippen LogP contribution in [0.1, 0.15) is 21.5 Å². The quantitative estimate of drug-likeness (QED) is 0.714. The molecule has 86 valence electrons. The predicted molar refractivity (Wildman–Crippen MR) is 63.0 cm³/mol. The van der Waals surface area contributed by atoms with Gasteiger partial charge >= 0.3 is 0 Å². The lowest BCUT2D eigenvalue weighted by atomic mass is 9.95. The van der Waals surface area contributed by atoms with Gasteiger partial charge in [0, 0.05) is 26.2 Å². The Kier molecular flexibility index (Phi) is 3.22. The van der Waals surface area contributed by atoms with E-state index >= 15 is 0 Å². The third-order valence-electron chi connectivity index (χ3n) is 2.71. The summed E-state index contributed by atoms with van der Waals surface area (Å²) in [5.41, 5.74) is 6.00. The number of nitrogens with zero attached hydrogens (tertiary/aromatic N) is 1. The van der Waals surface area contributed by atoms with Gasteiger partial charge in [-0.1, -0.05) is 12.1 Å². The van der Waals surface area contributed by atoms with Gasteiger partial charge in [-0.3, -0.25) is 10.2 Å².